The summed E-state index contributed by atoms with van der Waals surface area (Å²) in [5.74, 6) is -0.777. The normalized spacial score (nSPS) is 11.0. The Bertz CT molecular complexity index is 878. The molecule has 0 atom stereocenters. The molecular formula is C15H11NO3. The van der Waals surface area contributed by atoms with E-state index in [9.17, 15) is 9.59 Å². The maximum Gasteiger partial charge on any atom is 0.349 e. The van der Waals surface area contributed by atoms with Crippen LogP contribution in [0.1, 0.15) is 15.9 Å². The van der Waals surface area contributed by atoms with Crippen LogP contribution in [0, 0.1) is 6.92 Å². The van der Waals surface area contributed by atoms with Gasteiger partial charge in [0.25, 0.3) is 5.91 Å². The van der Waals surface area contributed by atoms with E-state index in [0.717, 1.165) is 21.7 Å². The third-order valence-electron chi connectivity index (χ3n) is 3.16. The Morgan fingerprint density at radius 2 is 1.84 bits per heavy atom. The van der Waals surface area contributed by atoms with Crippen molar-refractivity contribution in [3.8, 4) is 0 Å². The first kappa shape index (κ1) is 11.5. The quantitative estimate of drug-likeness (QED) is 0.534. The van der Waals surface area contributed by atoms with Crippen LogP contribution in [-0.2, 0) is 0 Å². The standard InChI is InChI=1S/C15H11NO3/c1-8-2-3-9-4-5-13-11(10(9)6-8)7-12(14(16)17)15(18)19-13/h2-7H,1H3,(H2,16,17). The van der Waals surface area contributed by atoms with Gasteiger partial charge in [-0.25, -0.2) is 4.79 Å². The summed E-state index contributed by atoms with van der Waals surface area (Å²) in [7, 11) is 0. The first-order valence-electron chi connectivity index (χ1n) is 5.83. The molecule has 0 spiro atoms. The van der Waals surface area contributed by atoms with Gasteiger partial charge in [-0.05, 0) is 29.8 Å². The van der Waals surface area contributed by atoms with E-state index in [1.54, 1.807) is 6.07 Å². The smallest absolute Gasteiger partial charge is 0.349 e. The zero-order valence-electron chi connectivity index (χ0n) is 10.3. The van der Waals surface area contributed by atoms with Crippen molar-refractivity contribution in [3.63, 3.8) is 0 Å². The molecule has 2 N–H and O–H groups in total. The molecule has 0 aliphatic heterocycles. The zero-order valence-corrected chi connectivity index (χ0v) is 10.3. The summed E-state index contributed by atoms with van der Waals surface area (Å²) in [5, 5.41) is 2.67. The molecule has 2 aromatic carbocycles. The van der Waals surface area contributed by atoms with Crippen LogP contribution < -0.4 is 11.4 Å². The molecule has 4 nitrogen and oxygen atoms in total. The number of rotatable bonds is 1. The van der Waals surface area contributed by atoms with Crippen LogP contribution in [-0.4, -0.2) is 5.91 Å². The molecule has 1 amide bonds. The minimum atomic E-state index is -0.777. The van der Waals surface area contributed by atoms with E-state index in [0.29, 0.717) is 5.58 Å². The van der Waals surface area contributed by atoms with Crippen LogP contribution in [0.2, 0.25) is 0 Å². The number of fused-ring (bicyclic) bond motifs is 3. The Kier molecular flexibility index (Phi) is 2.38. The summed E-state index contributed by atoms with van der Waals surface area (Å²) < 4.78 is 5.15. The second kappa shape index (κ2) is 3.95. The Labute approximate surface area is 108 Å². The number of carbonyl (C=O) groups excluding carboxylic acids is 1. The van der Waals surface area contributed by atoms with Gasteiger partial charge in [-0.15, -0.1) is 0 Å². The summed E-state index contributed by atoms with van der Waals surface area (Å²) >= 11 is 0. The lowest BCUT2D eigenvalue weighted by Crippen LogP contribution is -2.20. The van der Waals surface area contributed by atoms with Crippen molar-refractivity contribution in [3.05, 3.63) is 57.9 Å². The molecule has 0 bridgehead atoms. The van der Waals surface area contributed by atoms with Gasteiger partial charge in [-0.2, -0.15) is 0 Å². The second-order valence-electron chi connectivity index (χ2n) is 4.51. The number of hydrogen-bond donors (Lipinski definition) is 1. The molecule has 0 fully saturated rings. The first-order chi connectivity index (χ1) is 9.06. The molecule has 1 heterocycles. The van der Waals surface area contributed by atoms with Gasteiger partial charge in [-0.3, -0.25) is 4.79 Å². The average Bonchev–Trinajstić information content (AvgIpc) is 2.37. The molecule has 94 valence electrons. The van der Waals surface area contributed by atoms with Gasteiger partial charge < -0.3 is 10.2 Å². The largest absolute Gasteiger partial charge is 0.422 e. The lowest BCUT2D eigenvalue weighted by Gasteiger charge is -2.05. The molecule has 4 heteroatoms. The van der Waals surface area contributed by atoms with Gasteiger partial charge in [0, 0.05) is 5.39 Å². The van der Waals surface area contributed by atoms with Crippen molar-refractivity contribution in [2.45, 2.75) is 6.92 Å². The van der Waals surface area contributed by atoms with Crippen molar-refractivity contribution in [2.24, 2.45) is 5.73 Å². The minimum Gasteiger partial charge on any atom is -0.422 e. The third-order valence-corrected chi connectivity index (χ3v) is 3.16. The average molecular weight is 253 g/mol. The highest BCUT2D eigenvalue weighted by Gasteiger charge is 2.12. The monoisotopic (exact) mass is 253 g/mol. The predicted octanol–water partition coefficient (Wildman–Crippen LogP) is 2.35. The molecule has 0 saturated heterocycles. The Hall–Kier alpha value is -2.62. The molecule has 0 radical (unpaired) electrons. The van der Waals surface area contributed by atoms with Crippen LogP contribution in [0.4, 0.5) is 0 Å². The van der Waals surface area contributed by atoms with E-state index in [1.165, 1.54) is 6.07 Å². The lowest BCUT2D eigenvalue weighted by atomic mass is 10.0. The minimum absolute atomic E-state index is 0.124. The SMILES string of the molecule is Cc1ccc2ccc3oc(=O)c(C(N)=O)cc3c2c1. The van der Waals surface area contributed by atoms with Crippen molar-refractivity contribution in [1.29, 1.82) is 0 Å². The Balaban J connectivity index is 2.53. The van der Waals surface area contributed by atoms with Crippen molar-refractivity contribution in [1.82, 2.24) is 0 Å². The predicted molar refractivity (Wildman–Crippen MR) is 73.2 cm³/mol. The topological polar surface area (TPSA) is 73.3 Å². The van der Waals surface area contributed by atoms with E-state index >= 15 is 0 Å². The maximum absolute atomic E-state index is 11.6. The first-order valence-corrected chi connectivity index (χ1v) is 5.83. The number of hydrogen-bond acceptors (Lipinski definition) is 3. The third kappa shape index (κ3) is 1.78. The van der Waals surface area contributed by atoms with Crippen LogP contribution in [0.25, 0.3) is 21.7 Å². The Morgan fingerprint density at radius 3 is 2.58 bits per heavy atom. The lowest BCUT2D eigenvalue weighted by molar-refractivity contribution is 0.0997. The van der Waals surface area contributed by atoms with E-state index < -0.39 is 11.5 Å². The van der Waals surface area contributed by atoms with Gasteiger partial charge in [0.05, 0.1) is 0 Å². The number of aryl methyl sites for hydroxylation is 1. The van der Waals surface area contributed by atoms with E-state index in [2.05, 4.69) is 0 Å². The maximum atomic E-state index is 11.6. The number of carbonyl (C=O) groups is 1. The van der Waals surface area contributed by atoms with Crippen molar-refractivity contribution in [2.75, 3.05) is 0 Å². The summed E-state index contributed by atoms with van der Waals surface area (Å²) in [6.07, 6.45) is 0. The van der Waals surface area contributed by atoms with Crippen LogP contribution >= 0.6 is 0 Å². The number of primary amides is 1. The summed E-state index contributed by atoms with van der Waals surface area (Å²) in [6, 6.07) is 11.1. The zero-order chi connectivity index (χ0) is 13.6. The second-order valence-corrected chi connectivity index (χ2v) is 4.51. The molecule has 1 aromatic heterocycles. The van der Waals surface area contributed by atoms with Crippen LogP contribution in [0.5, 0.6) is 0 Å². The number of benzene rings is 2. The molecule has 0 aliphatic carbocycles. The van der Waals surface area contributed by atoms with Gasteiger partial charge in [0.15, 0.2) is 0 Å². The van der Waals surface area contributed by atoms with Gasteiger partial charge in [0.1, 0.15) is 11.1 Å². The molecule has 3 rings (SSSR count). The molecule has 0 aliphatic rings. The highest BCUT2D eigenvalue weighted by molar-refractivity contribution is 6.07. The highest BCUT2D eigenvalue weighted by atomic mass is 16.4. The molecule has 3 aromatic rings. The fourth-order valence-corrected chi connectivity index (χ4v) is 2.20. The van der Waals surface area contributed by atoms with E-state index in [-0.39, 0.29) is 5.56 Å². The fourth-order valence-electron chi connectivity index (χ4n) is 2.20. The summed E-state index contributed by atoms with van der Waals surface area (Å²) in [5.41, 5.74) is 5.90. The van der Waals surface area contributed by atoms with Gasteiger partial charge >= 0.3 is 5.63 Å². The van der Waals surface area contributed by atoms with Gasteiger partial charge in [0.2, 0.25) is 0 Å². The Morgan fingerprint density at radius 1 is 1.11 bits per heavy atom. The van der Waals surface area contributed by atoms with Crippen LogP contribution in [0.15, 0.2) is 45.6 Å². The highest BCUT2D eigenvalue weighted by Crippen LogP contribution is 2.25. The summed E-state index contributed by atoms with van der Waals surface area (Å²) in [4.78, 5) is 22.8. The van der Waals surface area contributed by atoms with E-state index in [1.807, 2.05) is 31.2 Å². The van der Waals surface area contributed by atoms with Crippen molar-refractivity contribution < 1.29 is 9.21 Å². The van der Waals surface area contributed by atoms with E-state index in [4.69, 9.17) is 10.2 Å². The molecule has 0 unspecified atom stereocenters. The van der Waals surface area contributed by atoms with Crippen molar-refractivity contribution >= 4 is 27.6 Å². The van der Waals surface area contributed by atoms with Gasteiger partial charge in [-0.1, -0.05) is 29.8 Å². The molecule has 19 heavy (non-hydrogen) atoms. The fraction of sp³-hybridized carbons (Fsp3) is 0.0667. The van der Waals surface area contributed by atoms with Crippen LogP contribution in [0.3, 0.4) is 0 Å². The summed E-state index contributed by atoms with van der Waals surface area (Å²) in [6.45, 7) is 1.98. The molecular weight excluding hydrogens is 242 g/mol. The number of nitrogens with two attached hydrogens (primary N) is 1. The number of amides is 1. The molecule has 0 saturated carbocycles.